The molecule has 2 amide bonds. The van der Waals surface area contributed by atoms with Crippen molar-refractivity contribution < 1.29 is 4.79 Å². The molecule has 0 bridgehead atoms. The van der Waals surface area contributed by atoms with Crippen LogP contribution in [0.15, 0.2) is 30.5 Å². The number of carbonyl (C=O) groups excluding carboxylic acids is 1. The lowest BCUT2D eigenvalue weighted by atomic mass is 10.1. The van der Waals surface area contributed by atoms with E-state index in [1.54, 1.807) is 11.9 Å². The molecule has 0 spiro atoms. The van der Waals surface area contributed by atoms with Gasteiger partial charge >= 0.3 is 6.03 Å². The summed E-state index contributed by atoms with van der Waals surface area (Å²) in [6, 6.07) is 7.64. The minimum absolute atomic E-state index is 0.0756. The van der Waals surface area contributed by atoms with E-state index in [-0.39, 0.29) is 12.1 Å². The highest BCUT2D eigenvalue weighted by atomic mass is 16.2. The molecule has 2 heterocycles. The van der Waals surface area contributed by atoms with E-state index >= 15 is 0 Å². The Labute approximate surface area is 104 Å². The zero-order valence-corrected chi connectivity index (χ0v) is 9.92. The molecule has 5 heteroatoms. The van der Waals surface area contributed by atoms with Crippen LogP contribution in [0.25, 0.3) is 10.9 Å². The van der Waals surface area contributed by atoms with E-state index < -0.39 is 0 Å². The summed E-state index contributed by atoms with van der Waals surface area (Å²) in [5.41, 5.74) is 2.10. The number of fused-ring (bicyclic) bond motifs is 1. The van der Waals surface area contributed by atoms with Crippen molar-refractivity contribution in [3.8, 4) is 6.19 Å². The van der Waals surface area contributed by atoms with E-state index in [1.807, 2.05) is 36.7 Å². The van der Waals surface area contributed by atoms with Gasteiger partial charge in [0.15, 0.2) is 6.19 Å². The zero-order chi connectivity index (χ0) is 12.7. The fourth-order valence-electron chi connectivity index (χ4n) is 2.46. The van der Waals surface area contributed by atoms with Gasteiger partial charge in [-0.25, -0.2) is 9.69 Å². The van der Waals surface area contributed by atoms with Gasteiger partial charge in [0.1, 0.15) is 0 Å². The number of likely N-dealkylation sites (N-methyl/N-ethyl adjacent to an activating group) is 1. The standard InChI is InChI=1S/C13H12N4O/c1-16-12(7-17(8-14)13(16)18)10-6-15-11-5-3-2-4-9(10)11/h2-6,12,15H,7H2,1H3. The van der Waals surface area contributed by atoms with Crippen molar-refractivity contribution in [1.29, 1.82) is 5.26 Å². The normalized spacial score (nSPS) is 19.6. The molecule has 0 saturated carbocycles. The first kappa shape index (κ1) is 10.7. The van der Waals surface area contributed by atoms with Crippen LogP contribution in [-0.4, -0.2) is 34.4 Å². The number of amides is 2. The molecule has 1 unspecified atom stereocenters. The van der Waals surface area contributed by atoms with Crippen LogP contribution in [0.2, 0.25) is 0 Å². The number of hydrogen-bond donors (Lipinski definition) is 1. The second-order valence-electron chi connectivity index (χ2n) is 4.41. The molecule has 3 rings (SSSR count). The van der Waals surface area contributed by atoms with Gasteiger partial charge in [-0.3, -0.25) is 0 Å². The quantitative estimate of drug-likeness (QED) is 0.775. The van der Waals surface area contributed by atoms with E-state index in [9.17, 15) is 4.79 Å². The van der Waals surface area contributed by atoms with E-state index in [0.29, 0.717) is 6.54 Å². The molecule has 1 aliphatic rings. The van der Waals surface area contributed by atoms with Gasteiger partial charge in [-0.1, -0.05) is 18.2 Å². The van der Waals surface area contributed by atoms with E-state index in [1.165, 1.54) is 4.90 Å². The molecule has 1 aliphatic heterocycles. The van der Waals surface area contributed by atoms with E-state index in [2.05, 4.69) is 4.98 Å². The molecule has 0 radical (unpaired) electrons. The minimum Gasteiger partial charge on any atom is -0.361 e. The van der Waals surface area contributed by atoms with Crippen molar-refractivity contribution in [2.45, 2.75) is 6.04 Å². The molecular formula is C13H12N4O. The Morgan fingerprint density at radius 1 is 1.44 bits per heavy atom. The van der Waals surface area contributed by atoms with Crippen LogP contribution < -0.4 is 0 Å². The predicted molar refractivity (Wildman–Crippen MR) is 66.5 cm³/mol. The monoisotopic (exact) mass is 240 g/mol. The highest BCUT2D eigenvalue weighted by Crippen LogP contribution is 2.32. The Morgan fingerprint density at radius 2 is 2.22 bits per heavy atom. The Bertz CT molecular complexity index is 654. The second-order valence-corrected chi connectivity index (χ2v) is 4.41. The number of aromatic amines is 1. The summed E-state index contributed by atoms with van der Waals surface area (Å²) in [7, 11) is 1.73. The molecule has 1 N–H and O–H groups in total. The molecule has 2 aromatic rings. The average Bonchev–Trinajstić information content (AvgIpc) is 2.93. The third-order valence-corrected chi connectivity index (χ3v) is 3.46. The van der Waals surface area contributed by atoms with Crippen LogP contribution >= 0.6 is 0 Å². The number of para-hydroxylation sites is 1. The van der Waals surface area contributed by atoms with E-state index in [0.717, 1.165) is 16.5 Å². The van der Waals surface area contributed by atoms with Crippen LogP contribution in [0, 0.1) is 11.5 Å². The summed E-state index contributed by atoms with van der Waals surface area (Å²) in [4.78, 5) is 17.8. The van der Waals surface area contributed by atoms with Crippen molar-refractivity contribution in [2.24, 2.45) is 0 Å². The van der Waals surface area contributed by atoms with Gasteiger partial charge in [-0.15, -0.1) is 0 Å². The number of carbonyl (C=O) groups is 1. The highest BCUT2D eigenvalue weighted by Gasteiger charge is 2.36. The van der Waals surface area contributed by atoms with Crippen LogP contribution in [0.1, 0.15) is 11.6 Å². The van der Waals surface area contributed by atoms with Crippen molar-refractivity contribution in [3.05, 3.63) is 36.0 Å². The molecule has 90 valence electrons. The summed E-state index contributed by atoms with van der Waals surface area (Å²) in [6.45, 7) is 0.410. The minimum atomic E-state index is -0.243. The first-order valence-corrected chi connectivity index (χ1v) is 5.72. The number of benzene rings is 1. The summed E-state index contributed by atoms with van der Waals surface area (Å²) in [6.07, 6.45) is 3.83. The molecule has 1 aromatic carbocycles. The van der Waals surface area contributed by atoms with Crippen molar-refractivity contribution >= 4 is 16.9 Å². The average molecular weight is 240 g/mol. The van der Waals surface area contributed by atoms with Crippen LogP contribution in [0.3, 0.4) is 0 Å². The van der Waals surface area contributed by atoms with Gasteiger partial charge in [-0.2, -0.15) is 5.26 Å². The number of urea groups is 1. The maximum atomic E-state index is 11.8. The molecule has 1 saturated heterocycles. The number of nitrogens with one attached hydrogen (secondary N) is 1. The number of hydrogen-bond acceptors (Lipinski definition) is 2. The number of nitriles is 1. The van der Waals surface area contributed by atoms with Gasteiger partial charge in [-0.05, 0) is 6.07 Å². The highest BCUT2D eigenvalue weighted by molar-refractivity contribution is 5.86. The lowest BCUT2D eigenvalue weighted by Crippen LogP contribution is -2.26. The molecule has 1 aromatic heterocycles. The topological polar surface area (TPSA) is 63.1 Å². The fourth-order valence-corrected chi connectivity index (χ4v) is 2.46. The third kappa shape index (κ3) is 1.36. The number of aromatic nitrogens is 1. The lowest BCUT2D eigenvalue weighted by Gasteiger charge is -2.16. The summed E-state index contributed by atoms with van der Waals surface area (Å²) >= 11 is 0. The zero-order valence-electron chi connectivity index (χ0n) is 9.92. The summed E-state index contributed by atoms with van der Waals surface area (Å²) < 4.78 is 0. The molecular weight excluding hydrogens is 228 g/mol. The number of H-pyrrole nitrogens is 1. The smallest absolute Gasteiger partial charge is 0.333 e. The van der Waals surface area contributed by atoms with Crippen molar-refractivity contribution in [2.75, 3.05) is 13.6 Å². The molecule has 18 heavy (non-hydrogen) atoms. The van der Waals surface area contributed by atoms with Crippen LogP contribution in [-0.2, 0) is 0 Å². The van der Waals surface area contributed by atoms with Crippen molar-refractivity contribution in [3.63, 3.8) is 0 Å². The maximum absolute atomic E-state index is 11.8. The fraction of sp³-hybridized carbons (Fsp3) is 0.231. The summed E-state index contributed by atoms with van der Waals surface area (Å²) in [5, 5.41) is 10.0. The van der Waals surface area contributed by atoms with Gasteiger partial charge in [0.25, 0.3) is 0 Å². The molecule has 5 nitrogen and oxygen atoms in total. The molecule has 1 fully saturated rings. The van der Waals surface area contributed by atoms with Crippen LogP contribution in [0.4, 0.5) is 4.79 Å². The summed E-state index contributed by atoms with van der Waals surface area (Å²) in [5.74, 6) is 0. The molecule has 0 aliphatic carbocycles. The van der Waals surface area contributed by atoms with E-state index in [4.69, 9.17) is 5.26 Å². The van der Waals surface area contributed by atoms with Gasteiger partial charge in [0.2, 0.25) is 0 Å². The Morgan fingerprint density at radius 3 is 2.94 bits per heavy atom. The Hall–Kier alpha value is -2.48. The maximum Gasteiger partial charge on any atom is 0.333 e. The SMILES string of the molecule is CN1C(=O)N(C#N)CC1c1c[nH]c2ccccc12. The Kier molecular flexibility index (Phi) is 2.23. The second kappa shape index (κ2) is 3.77. The van der Waals surface area contributed by atoms with Crippen molar-refractivity contribution in [1.82, 2.24) is 14.8 Å². The number of nitrogens with zero attached hydrogens (tertiary/aromatic N) is 3. The van der Waals surface area contributed by atoms with Crippen LogP contribution in [0.5, 0.6) is 0 Å². The van der Waals surface area contributed by atoms with Gasteiger partial charge in [0, 0.05) is 29.7 Å². The van der Waals surface area contributed by atoms with Gasteiger partial charge in [0.05, 0.1) is 12.6 Å². The first-order valence-electron chi connectivity index (χ1n) is 5.72. The lowest BCUT2D eigenvalue weighted by molar-refractivity contribution is 0.206. The first-order chi connectivity index (χ1) is 8.72. The third-order valence-electron chi connectivity index (χ3n) is 3.46. The predicted octanol–water partition coefficient (Wildman–Crippen LogP) is 2.06. The van der Waals surface area contributed by atoms with Gasteiger partial charge < -0.3 is 9.88 Å². The Balaban J connectivity index is 2.06. The molecule has 1 atom stereocenters. The largest absolute Gasteiger partial charge is 0.361 e. The number of rotatable bonds is 1.